The van der Waals surface area contributed by atoms with E-state index in [-0.39, 0.29) is 41.2 Å². The summed E-state index contributed by atoms with van der Waals surface area (Å²) in [5.74, 6) is 1.28. The zero-order chi connectivity index (χ0) is 61.5. The van der Waals surface area contributed by atoms with Gasteiger partial charge in [-0.05, 0) is 225 Å². The summed E-state index contributed by atoms with van der Waals surface area (Å²) in [6.07, 6.45) is 18.8. The molecule has 0 radical (unpaired) electrons. The van der Waals surface area contributed by atoms with Gasteiger partial charge >= 0.3 is 29.8 Å². The molecule has 5 aromatic carbocycles. The van der Waals surface area contributed by atoms with Gasteiger partial charge in [-0.1, -0.05) is 54.3 Å². The van der Waals surface area contributed by atoms with E-state index in [1.54, 1.807) is 53.7 Å². The van der Waals surface area contributed by atoms with Crippen LogP contribution in [0.4, 0.5) is 10.8 Å². The molecule has 3 fully saturated rings. The van der Waals surface area contributed by atoms with Crippen LogP contribution in [0.25, 0.3) is 10.2 Å². The van der Waals surface area contributed by atoms with Crippen LogP contribution in [0.1, 0.15) is 133 Å². The van der Waals surface area contributed by atoms with Crippen LogP contribution < -0.4 is 33.4 Å². The third-order valence-electron chi connectivity index (χ3n) is 16.1. The van der Waals surface area contributed by atoms with Gasteiger partial charge in [0.2, 0.25) is 5.13 Å². The van der Waals surface area contributed by atoms with Crippen molar-refractivity contribution in [2.45, 2.75) is 129 Å². The van der Waals surface area contributed by atoms with E-state index in [2.05, 4.69) is 13.2 Å². The topological polar surface area (TPSA) is 188 Å². The molecule has 0 aliphatic heterocycles. The smallest absolute Gasteiger partial charge is 0.330 e. The zero-order valence-electron chi connectivity index (χ0n) is 50.2. The SMILES string of the molecule is C=CC(=O)OCCCCCCOc1ccc(OC(=O)C2CCC(C(=O)Oc3ccc(OC(=O)C4CCC(C(Oc5ccc(OCCCCCCOC(=O)C=C)cc5)=C5CCC5)CC4)c(/C=N/N(c4ccc(C)cc4)c4nc5ccccc5s4)c3)CC2)cc1. The molecule has 17 heteroatoms. The number of esters is 5. The lowest BCUT2D eigenvalue weighted by Gasteiger charge is -2.32. The van der Waals surface area contributed by atoms with Crippen molar-refractivity contribution in [3.05, 3.63) is 163 Å². The molecule has 462 valence electrons. The number of ether oxygens (including phenoxy) is 8. The second-order valence-corrected chi connectivity index (χ2v) is 23.6. The van der Waals surface area contributed by atoms with Gasteiger partial charge in [-0.3, -0.25) is 14.4 Å². The van der Waals surface area contributed by atoms with Crippen molar-refractivity contribution in [2.75, 3.05) is 31.4 Å². The molecule has 6 aromatic rings. The number of carbonyl (C=O) groups excluding carboxylic acids is 5. The molecule has 0 spiro atoms. The number of anilines is 2. The summed E-state index contributed by atoms with van der Waals surface area (Å²) in [5.41, 5.74) is 4.46. The molecule has 3 aliphatic rings. The summed E-state index contributed by atoms with van der Waals surface area (Å²) in [7, 11) is 0. The van der Waals surface area contributed by atoms with E-state index in [0.29, 0.717) is 87.1 Å². The van der Waals surface area contributed by atoms with E-state index in [9.17, 15) is 24.0 Å². The van der Waals surface area contributed by atoms with Gasteiger partial charge in [0.1, 0.15) is 40.3 Å². The van der Waals surface area contributed by atoms with Crippen LogP contribution in [0.2, 0.25) is 0 Å². The predicted octanol–water partition coefficient (Wildman–Crippen LogP) is 15.7. The van der Waals surface area contributed by atoms with Crippen molar-refractivity contribution in [1.82, 2.24) is 4.98 Å². The summed E-state index contributed by atoms with van der Waals surface area (Å²) >= 11 is 1.50. The number of aromatic nitrogens is 1. The first-order valence-corrected chi connectivity index (χ1v) is 31.8. The fraction of sp³-hybridized carbons (Fsp3) is 0.394. The summed E-state index contributed by atoms with van der Waals surface area (Å²) < 4.78 is 47.8. The van der Waals surface area contributed by atoms with Gasteiger partial charge in [-0.25, -0.2) is 19.6 Å². The highest BCUT2D eigenvalue weighted by atomic mass is 32.1. The molecule has 0 saturated heterocycles. The van der Waals surface area contributed by atoms with Gasteiger partial charge in [-0.15, -0.1) is 0 Å². The number of thiazole rings is 1. The van der Waals surface area contributed by atoms with Gasteiger partial charge in [0.15, 0.2) is 0 Å². The second-order valence-electron chi connectivity index (χ2n) is 22.6. The average Bonchev–Trinajstić information content (AvgIpc) is 2.48. The Bertz CT molecular complexity index is 3340. The number of para-hydroxylation sites is 1. The number of carbonyl (C=O) groups is 5. The summed E-state index contributed by atoms with van der Waals surface area (Å²) in [6.45, 7) is 10.7. The number of hydrogen-bond acceptors (Lipinski definition) is 17. The van der Waals surface area contributed by atoms with Crippen LogP contribution >= 0.6 is 11.3 Å². The zero-order valence-corrected chi connectivity index (χ0v) is 51.1. The number of fused-ring (bicyclic) bond motifs is 1. The van der Waals surface area contributed by atoms with E-state index >= 15 is 0 Å². The Balaban J connectivity index is 0.803. The Hall–Kier alpha value is -8.57. The van der Waals surface area contributed by atoms with Gasteiger partial charge in [0.25, 0.3) is 0 Å². The molecule has 3 aliphatic carbocycles. The predicted molar refractivity (Wildman–Crippen MR) is 339 cm³/mol. The summed E-state index contributed by atoms with van der Waals surface area (Å²) in [5, 5.41) is 7.38. The lowest BCUT2D eigenvalue weighted by Crippen LogP contribution is -2.30. The Morgan fingerprint density at radius 3 is 1.55 bits per heavy atom. The maximum Gasteiger partial charge on any atom is 0.330 e. The van der Waals surface area contributed by atoms with Gasteiger partial charge < -0.3 is 37.9 Å². The fourth-order valence-corrected chi connectivity index (χ4v) is 11.8. The average molecular weight is 1210 g/mol. The molecule has 0 unspecified atom stereocenters. The van der Waals surface area contributed by atoms with E-state index in [1.807, 2.05) is 79.7 Å². The monoisotopic (exact) mass is 1210 g/mol. The highest BCUT2D eigenvalue weighted by Gasteiger charge is 2.35. The van der Waals surface area contributed by atoms with Crippen molar-refractivity contribution in [1.29, 1.82) is 0 Å². The molecule has 88 heavy (non-hydrogen) atoms. The molecular weight excluding hydrogens is 1130 g/mol. The van der Waals surface area contributed by atoms with Crippen molar-refractivity contribution in [3.63, 3.8) is 0 Å². The number of nitrogens with zero attached hydrogens (tertiary/aromatic N) is 3. The van der Waals surface area contributed by atoms with Crippen LogP contribution in [0.15, 0.2) is 157 Å². The maximum atomic E-state index is 14.3. The van der Waals surface area contributed by atoms with E-state index in [0.717, 1.165) is 128 Å². The standard InChI is InChI=1S/C71H79N3O13S/c1-4-65(75)82-45-14-8-6-12-43-80-57-33-37-59(38-34-57)84-67(50-17-16-18-50)51-23-25-54(26-24-51)70(79)87-63-42-41-61(47-55(63)48-72-74(56-31-21-49(3)22-32-56)71-73-62-19-10-11-20-64(62)88-71)86-69(78)53-29-27-52(28-30-53)68(77)85-60-39-35-58(36-40-60)81-44-13-7-9-15-46-83-66(76)5-2/h4-5,10-11,19-22,31-42,47-48,51-54H,1-2,6-9,12-18,23-30,43-46H2,3H3/b72-48+. The van der Waals surface area contributed by atoms with Gasteiger partial charge in [-0.2, -0.15) is 5.10 Å². The van der Waals surface area contributed by atoms with E-state index in [1.165, 1.54) is 23.0 Å². The lowest BCUT2D eigenvalue weighted by molar-refractivity contribution is -0.145. The molecule has 1 heterocycles. The summed E-state index contributed by atoms with van der Waals surface area (Å²) in [6, 6.07) is 35.6. The van der Waals surface area contributed by atoms with Crippen molar-refractivity contribution < 1.29 is 61.9 Å². The molecular formula is C71H79N3O13S. The quantitative estimate of drug-likeness (QED) is 0.00760. The molecule has 0 N–H and O–H groups in total. The minimum Gasteiger partial charge on any atom is -0.494 e. The van der Waals surface area contributed by atoms with Gasteiger partial charge in [0, 0.05) is 23.6 Å². The number of allylic oxidation sites excluding steroid dienone is 2. The minimum atomic E-state index is -0.441. The summed E-state index contributed by atoms with van der Waals surface area (Å²) in [4.78, 5) is 68.9. The van der Waals surface area contributed by atoms with Crippen LogP contribution in [0, 0.1) is 30.6 Å². The van der Waals surface area contributed by atoms with E-state index < -0.39 is 23.8 Å². The lowest BCUT2D eigenvalue weighted by atomic mass is 9.77. The van der Waals surface area contributed by atoms with Crippen molar-refractivity contribution >= 4 is 68.4 Å². The number of unbranched alkanes of at least 4 members (excludes halogenated alkanes) is 6. The molecule has 3 saturated carbocycles. The number of benzene rings is 5. The minimum absolute atomic E-state index is 0.166. The number of hydrazone groups is 1. The Labute approximate surface area is 519 Å². The highest BCUT2D eigenvalue weighted by Crippen LogP contribution is 2.42. The number of rotatable bonds is 31. The molecule has 0 atom stereocenters. The van der Waals surface area contributed by atoms with Crippen LogP contribution in [0.3, 0.4) is 0 Å². The van der Waals surface area contributed by atoms with Crippen LogP contribution in [-0.2, 0) is 33.4 Å². The fourth-order valence-electron chi connectivity index (χ4n) is 10.9. The Kier molecular flexibility index (Phi) is 23.9. The third kappa shape index (κ3) is 19.0. The normalized spacial score (nSPS) is 17.2. The first-order chi connectivity index (χ1) is 43.0. The Morgan fingerprint density at radius 1 is 0.545 bits per heavy atom. The van der Waals surface area contributed by atoms with E-state index in [4.69, 9.17) is 48.0 Å². The number of aryl methyl sites for hydroxylation is 1. The molecule has 0 bridgehead atoms. The first-order valence-electron chi connectivity index (χ1n) is 31.0. The third-order valence-corrected chi connectivity index (χ3v) is 17.1. The van der Waals surface area contributed by atoms with Gasteiger partial charge in [0.05, 0.1) is 66.3 Å². The molecule has 0 amide bonds. The Morgan fingerprint density at radius 2 is 1.02 bits per heavy atom. The molecule has 1 aromatic heterocycles. The number of hydrogen-bond donors (Lipinski definition) is 0. The largest absolute Gasteiger partial charge is 0.494 e. The van der Waals surface area contributed by atoms with Crippen molar-refractivity contribution in [2.24, 2.45) is 28.8 Å². The van der Waals surface area contributed by atoms with Crippen LogP contribution in [-0.4, -0.2) is 67.5 Å². The highest BCUT2D eigenvalue weighted by molar-refractivity contribution is 7.22. The van der Waals surface area contributed by atoms with Crippen molar-refractivity contribution in [3.8, 4) is 34.5 Å². The second kappa shape index (κ2) is 33.0. The maximum absolute atomic E-state index is 14.3. The molecule has 9 rings (SSSR count). The molecule has 16 nitrogen and oxygen atoms in total. The first kappa shape index (κ1) is 63.9. The van der Waals surface area contributed by atoms with Crippen LogP contribution in [0.5, 0.6) is 34.5 Å².